The summed E-state index contributed by atoms with van der Waals surface area (Å²) < 4.78 is 44.2. The lowest BCUT2D eigenvalue weighted by atomic mass is 9.96. The van der Waals surface area contributed by atoms with Crippen molar-refractivity contribution in [2.75, 3.05) is 25.0 Å². The first-order valence-corrected chi connectivity index (χ1v) is 9.78. The Morgan fingerprint density at radius 1 is 1.17 bits per heavy atom. The van der Waals surface area contributed by atoms with Crippen LogP contribution in [-0.4, -0.2) is 36.4 Å². The number of nitrogens with zero attached hydrogens (tertiary/aromatic N) is 1. The van der Waals surface area contributed by atoms with Crippen LogP contribution in [0, 0.1) is 5.92 Å². The zero-order chi connectivity index (χ0) is 21.7. The molecule has 160 valence electrons. The third kappa shape index (κ3) is 5.31. The summed E-state index contributed by atoms with van der Waals surface area (Å²) in [5.74, 6) is -0.452. The topological polar surface area (TPSA) is 58.6 Å². The van der Waals surface area contributed by atoms with Gasteiger partial charge < -0.3 is 15.0 Å². The number of ether oxygens (including phenoxy) is 1. The monoisotopic (exact) mass is 420 g/mol. The number of likely N-dealkylation sites (tertiary alicyclic amines) is 1. The number of amides is 2. The molecule has 0 unspecified atom stereocenters. The Bertz CT molecular complexity index is 897. The minimum Gasteiger partial charge on any atom is -0.494 e. The molecule has 0 radical (unpaired) electrons. The van der Waals surface area contributed by atoms with Gasteiger partial charge in [0.05, 0.1) is 18.1 Å². The van der Waals surface area contributed by atoms with Crippen LogP contribution in [0.1, 0.15) is 35.7 Å². The van der Waals surface area contributed by atoms with E-state index in [0.29, 0.717) is 37.4 Å². The molecule has 2 aromatic carbocycles. The number of carbonyl (C=O) groups is 2. The summed E-state index contributed by atoms with van der Waals surface area (Å²) in [5, 5.41) is 2.83. The molecular formula is C22H23F3N2O3. The van der Waals surface area contributed by atoms with Gasteiger partial charge in [0, 0.05) is 24.3 Å². The highest BCUT2D eigenvalue weighted by Gasteiger charge is 2.33. The maximum Gasteiger partial charge on any atom is 0.416 e. The van der Waals surface area contributed by atoms with E-state index in [4.69, 9.17) is 4.74 Å². The van der Waals surface area contributed by atoms with E-state index in [1.54, 1.807) is 24.3 Å². The van der Waals surface area contributed by atoms with Gasteiger partial charge in [-0.05, 0) is 62.2 Å². The van der Waals surface area contributed by atoms with Gasteiger partial charge in [-0.25, -0.2) is 0 Å². The molecule has 1 aliphatic heterocycles. The summed E-state index contributed by atoms with van der Waals surface area (Å²) in [4.78, 5) is 26.8. The van der Waals surface area contributed by atoms with E-state index in [9.17, 15) is 22.8 Å². The molecule has 3 rings (SSSR count). The number of carbonyl (C=O) groups excluding carboxylic acids is 2. The van der Waals surface area contributed by atoms with Crippen molar-refractivity contribution < 1.29 is 27.5 Å². The molecule has 1 aliphatic rings. The molecule has 1 heterocycles. The number of anilines is 1. The second-order valence-corrected chi connectivity index (χ2v) is 7.12. The SMILES string of the molecule is CCOc1ccc(NC(=O)[C@@H]2CCCN(C(=O)c3cccc(C(F)(F)F)c3)C2)cc1. The van der Waals surface area contributed by atoms with Crippen LogP contribution >= 0.6 is 0 Å². The highest BCUT2D eigenvalue weighted by Crippen LogP contribution is 2.30. The number of piperidine rings is 1. The Morgan fingerprint density at radius 2 is 1.90 bits per heavy atom. The second-order valence-electron chi connectivity index (χ2n) is 7.12. The first kappa shape index (κ1) is 21.7. The van der Waals surface area contributed by atoms with Crippen molar-refractivity contribution in [1.29, 1.82) is 0 Å². The van der Waals surface area contributed by atoms with Crippen LogP contribution in [0.3, 0.4) is 0 Å². The molecule has 1 N–H and O–H groups in total. The largest absolute Gasteiger partial charge is 0.494 e. The lowest BCUT2D eigenvalue weighted by Gasteiger charge is -2.32. The van der Waals surface area contributed by atoms with Crippen LogP contribution < -0.4 is 10.1 Å². The Kier molecular flexibility index (Phi) is 6.64. The predicted molar refractivity (Wildman–Crippen MR) is 106 cm³/mol. The van der Waals surface area contributed by atoms with E-state index in [0.717, 1.165) is 12.1 Å². The van der Waals surface area contributed by atoms with Crippen LogP contribution in [0.5, 0.6) is 5.75 Å². The molecule has 0 saturated carbocycles. The predicted octanol–water partition coefficient (Wildman–Crippen LogP) is 4.60. The fourth-order valence-electron chi connectivity index (χ4n) is 3.43. The van der Waals surface area contributed by atoms with Crippen LogP contribution in [-0.2, 0) is 11.0 Å². The third-order valence-corrected chi connectivity index (χ3v) is 4.95. The summed E-state index contributed by atoms with van der Waals surface area (Å²) in [6, 6.07) is 11.3. The second kappa shape index (κ2) is 9.19. The van der Waals surface area contributed by atoms with E-state index >= 15 is 0 Å². The highest BCUT2D eigenvalue weighted by molar-refractivity contribution is 5.96. The summed E-state index contributed by atoms with van der Waals surface area (Å²) in [6.45, 7) is 2.99. The smallest absolute Gasteiger partial charge is 0.416 e. The molecule has 1 atom stereocenters. The molecule has 0 aliphatic carbocycles. The average Bonchev–Trinajstić information content (AvgIpc) is 2.74. The summed E-state index contributed by atoms with van der Waals surface area (Å²) >= 11 is 0. The van der Waals surface area contributed by atoms with Crippen molar-refractivity contribution in [3.8, 4) is 5.75 Å². The van der Waals surface area contributed by atoms with Gasteiger partial charge in [0.2, 0.25) is 5.91 Å². The molecule has 0 spiro atoms. The average molecular weight is 420 g/mol. The van der Waals surface area contributed by atoms with Crippen LogP contribution in [0.15, 0.2) is 48.5 Å². The van der Waals surface area contributed by atoms with E-state index in [2.05, 4.69) is 5.32 Å². The van der Waals surface area contributed by atoms with E-state index in [1.807, 2.05) is 6.92 Å². The summed E-state index contributed by atoms with van der Waals surface area (Å²) in [5.41, 5.74) is -0.280. The molecule has 0 aromatic heterocycles. The standard InChI is InChI=1S/C22H23F3N2O3/c1-2-30-19-10-8-18(9-11-19)26-20(28)16-6-4-12-27(14-16)21(29)15-5-3-7-17(13-15)22(23,24)25/h3,5,7-11,13,16H,2,4,6,12,14H2,1H3,(H,26,28)/t16-/m1/s1. The fourth-order valence-corrected chi connectivity index (χ4v) is 3.43. The molecule has 2 aromatic rings. The molecule has 8 heteroatoms. The molecule has 0 bridgehead atoms. The van der Waals surface area contributed by atoms with Gasteiger partial charge in [-0.1, -0.05) is 6.07 Å². The number of halogens is 3. The minimum atomic E-state index is -4.52. The zero-order valence-electron chi connectivity index (χ0n) is 16.5. The maximum absolute atomic E-state index is 12.9. The quantitative estimate of drug-likeness (QED) is 0.770. The van der Waals surface area contributed by atoms with Gasteiger partial charge in [-0.2, -0.15) is 13.2 Å². The van der Waals surface area contributed by atoms with Crippen molar-refractivity contribution >= 4 is 17.5 Å². The Morgan fingerprint density at radius 3 is 2.57 bits per heavy atom. The zero-order valence-corrected chi connectivity index (χ0v) is 16.5. The first-order valence-electron chi connectivity index (χ1n) is 9.78. The van der Waals surface area contributed by atoms with Gasteiger partial charge in [0.15, 0.2) is 0 Å². The number of rotatable bonds is 5. The van der Waals surface area contributed by atoms with Crippen LogP contribution in [0.25, 0.3) is 0 Å². The van der Waals surface area contributed by atoms with Gasteiger partial charge in [0.1, 0.15) is 5.75 Å². The fraction of sp³-hybridized carbons (Fsp3) is 0.364. The molecule has 5 nitrogen and oxygen atoms in total. The van der Waals surface area contributed by atoms with E-state index < -0.39 is 23.6 Å². The number of alkyl halides is 3. The molecule has 1 fully saturated rings. The maximum atomic E-state index is 12.9. The van der Waals surface area contributed by atoms with Crippen molar-refractivity contribution in [1.82, 2.24) is 4.90 Å². The molecule has 2 amide bonds. The number of benzene rings is 2. The van der Waals surface area contributed by atoms with E-state index in [1.165, 1.54) is 17.0 Å². The van der Waals surface area contributed by atoms with Crippen LogP contribution in [0.4, 0.5) is 18.9 Å². The lowest BCUT2D eigenvalue weighted by Crippen LogP contribution is -2.43. The molecule has 30 heavy (non-hydrogen) atoms. The normalized spacial score (nSPS) is 16.8. The number of nitrogens with one attached hydrogen (secondary N) is 1. The summed E-state index contributed by atoms with van der Waals surface area (Å²) in [6.07, 6.45) is -3.31. The first-order chi connectivity index (χ1) is 14.3. The van der Waals surface area contributed by atoms with Gasteiger partial charge in [-0.3, -0.25) is 9.59 Å². The van der Waals surface area contributed by atoms with Gasteiger partial charge in [0.25, 0.3) is 5.91 Å². The Balaban J connectivity index is 1.64. The summed E-state index contributed by atoms with van der Waals surface area (Å²) in [7, 11) is 0. The van der Waals surface area contributed by atoms with Crippen molar-refractivity contribution in [2.45, 2.75) is 25.9 Å². The Hall–Kier alpha value is -3.03. The van der Waals surface area contributed by atoms with Crippen molar-refractivity contribution in [3.63, 3.8) is 0 Å². The van der Waals surface area contributed by atoms with Gasteiger partial charge >= 0.3 is 6.18 Å². The minimum absolute atomic E-state index is 0.0302. The van der Waals surface area contributed by atoms with Crippen molar-refractivity contribution in [3.05, 3.63) is 59.7 Å². The van der Waals surface area contributed by atoms with E-state index in [-0.39, 0.29) is 18.0 Å². The number of hydrogen-bond acceptors (Lipinski definition) is 3. The van der Waals surface area contributed by atoms with Crippen molar-refractivity contribution in [2.24, 2.45) is 5.92 Å². The number of hydrogen-bond donors (Lipinski definition) is 1. The Labute approximate surface area is 172 Å². The lowest BCUT2D eigenvalue weighted by molar-refractivity contribution is -0.137. The van der Waals surface area contributed by atoms with Gasteiger partial charge in [-0.15, -0.1) is 0 Å². The molecular weight excluding hydrogens is 397 g/mol. The van der Waals surface area contributed by atoms with Crippen LogP contribution in [0.2, 0.25) is 0 Å². The molecule has 1 saturated heterocycles. The third-order valence-electron chi connectivity index (χ3n) is 4.95. The highest BCUT2D eigenvalue weighted by atomic mass is 19.4.